The van der Waals surface area contributed by atoms with Gasteiger partial charge in [0.2, 0.25) is 11.3 Å². The van der Waals surface area contributed by atoms with Gasteiger partial charge in [0.15, 0.2) is 23.0 Å². The van der Waals surface area contributed by atoms with Gasteiger partial charge in [0.1, 0.15) is 0 Å². The van der Waals surface area contributed by atoms with Gasteiger partial charge in [-0.2, -0.15) is 0 Å². The molecule has 4 rings (SSSR count). The van der Waals surface area contributed by atoms with Gasteiger partial charge in [-0.05, 0) is 12.8 Å². The van der Waals surface area contributed by atoms with Crippen LogP contribution in [0.5, 0.6) is 0 Å². The second-order valence-corrected chi connectivity index (χ2v) is 6.57. The van der Waals surface area contributed by atoms with Crippen LogP contribution in [0.2, 0.25) is 0 Å². The Labute approximate surface area is 112 Å². The molecule has 6 heteroatoms. The second kappa shape index (κ2) is 3.22. The molecule has 0 bridgehead atoms. The summed E-state index contributed by atoms with van der Waals surface area (Å²) in [6.45, 7) is 0. The SMILES string of the molecule is FC1=C(F)C2(F)C1(F)C1(F)C3CCCCCCC3C21F. The van der Waals surface area contributed by atoms with E-state index in [1.165, 1.54) is 0 Å². The zero-order valence-corrected chi connectivity index (χ0v) is 10.7. The summed E-state index contributed by atoms with van der Waals surface area (Å²) in [4.78, 5) is 0. The van der Waals surface area contributed by atoms with Crippen LogP contribution in [0.1, 0.15) is 38.5 Å². The number of rotatable bonds is 0. The van der Waals surface area contributed by atoms with E-state index in [1.54, 1.807) is 0 Å². The Morgan fingerprint density at radius 1 is 0.650 bits per heavy atom. The van der Waals surface area contributed by atoms with Gasteiger partial charge in [-0.3, -0.25) is 0 Å². The fourth-order valence-corrected chi connectivity index (χ4v) is 5.19. The average Bonchev–Trinajstić information content (AvgIpc) is 2.42. The number of fused-ring (bicyclic) bond motifs is 7. The van der Waals surface area contributed by atoms with Crippen molar-refractivity contribution >= 4 is 0 Å². The van der Waals surface area contributed by atoms with Crippen LogP contribution < -0.4 is 0 Å². The van der Waals surface area contributed by atoms with Gasteiger partial charge in [0.25, 0.3) is 0 Å². The largest absolute Gasteiger partial charge is 0.245 e. The molecule has 0 aromatic rings. The predicted octanol–water partition coefficient (Wildman–Crippen LogP) is 4.60. The third-order valence-electron chi connectivity index (χ3n) is 6.09. The smallest absolute Gasteiger partial charge is 0.236 e. The van der Waals surface area contributed by atoms with Gasteiger partial charge < -0.3 is 0 Å². The first-order valence-electron chi connectivity index (χ1n) is 7.11. The van der Waals surface area contributed by atoms with Crippen LogP contribution in [-0.2, 0) is 0 Å². The first-order valence-corrected chi connectivity index (χ1v) is 7.11. The molecule has 20 heavy (non-hydrogen) atoms. The molecule has 112 valence electrons. The number of alkyl halides is 4. The molecule has 3 fully saturated rings. The molecular formula is C14H14F6. The highest BCUT2D eigenvalue weighted by molar-refractivity contribution is 5.65. The third-order valence-corrected chi connectivity index (χ3v) is 6.09. The highest BCUT2D eigenvalue weighted by Crippen LogP contribution is 2.88. The molecule has 0 nitrogen and oxygen atoms in total. The minimum atomic E-state index is -3.75. The van der Waals surface area contributed by atoms with E-state index in [-0.39, 0.29) is 12.8 Å². The van der Waals surface area contributed by atoms with E-state index in [2.05, 4.69) is 0 Å². The van der Waals surface area contributed by atoms with Crippen molar-refractivity contribution in [2.75, 3.05) is 0 Å². The summed E-state index contributed by atoms with van der Waals surface area (Å²) in [6, 6.07) is 0. The molecule has 6 atom stereocenters. The van der Waals surface area contributed by atoms with E-state index >= 15 is 0 Å². The maximum absolute atomic E-state index is 14.8. The van der Waals surface area contributed by atoms with E-state index in [9.17, 15) is 26.3 Å². The van der Waals surface area contributed by atoms with Crippen LogP contribution in [-0.4, -0.2) is 22.7 Å². The summed E-state index contributed by atoms with van der Waals surface area (Å²) in [5.74, 6) is -6.28. The van der Waals surface area contributed by atoms with E-state index in [4.69, 9.17) is 0 Å². The van der Waals surface area contributed by atoms with Crippen molar-refractivity contribution in [1.29, 1.82) is 0 Å². The molecule has 0 aromatic heterocycles. The zero-order valence-electron chi connectivity index (χ0n) is 10.7. The molecule has 0 aliphatic heterocycles. The molecule has 0 heterocycles. The second-order valence-electron chi connectivity index (χ2n) is 6.57. The molecule has 4 aliphatic carbocycles. The van der Waals surface area contributed by atoms with Crippen molar-refractivity contribution in [3.63, 3.8) is 0 Å². The van der Waals surface area contributed by atoms with Crippen molar-refractivity contribution in [1.82, 2.24) is 0 Å². The highest BCUT2D eigenvalue weighted by atomic mass is 19.2. The van der Waals surface area contributed by atoms with Crippen LogP contribution in [0, 0.1) is 11.8 Å². The Bertz CT molecular complexity index is 486. The molecule has 4 aliphatic rings. The van der Waals surface area contributed by atoms with Gasteiger partial charge in [-0.15, -0.1) is 0 Å². The number of hydrogen-bond acceptors (Lipinski definition) is 0. The third kappa shape index (κ3) is 0.792. The molecule has 0 radical (unpaired) electrons. The van der Waals surface area contributed by atoms with E-state index in [0.29, 0.717) is 12.8 Å². The topological polar surface area (TPSA) is 0 Å². The summed E-state index contributed by atoms with van der Waals surface area (Å²) in [5.41, 5.74) is -14.0. The molecule has 6 unspecified atom stereocenters. The molecule has 0 spiro atoms. The maximum Gasteiger partial charge on any atom is 0.245 e. The van der Waals surface area contributed by atoms with Crippen LogP contribution >= 0.6 is 0 Å². The van der Waals surface area contributed by atoms with Crippen LogP contribution in [0.3, 0.4) is 0 Å². The Morgan fingerprint density at radius 3 is 1.35 bits per heavy atom. The lowest BCUT2D eigenvalue weighted by Crippen LogP contribution is -3.02. The lowest BCUT2D eigenvalue weighted by atomic mass is 9.26. The average molecular weight is 296 g/mol. The lowest BCUT2D eigenvalue weighted by Gasteiger charge is -2.80. The normalized spacial score (nSPS) is 60.9. The standard InChI is InChI=1S/C14H14F6/c15-9-10(16)14(20)12(18)8-6-4-2-1-3-5-7(8)11(12,17)13(9,14)19/h7-8H,1-6H2. The first kappa shape index (κ1) is 13.0. The number of allylic oxidation sites excluding steroid dienone is 2. The monoisotopic (exact) mass is 296 g/mol. The van der Waals surface area contributed by atoms with Crippen LogP contribution in [0.4, 0.5) is 26.3 Å². The van der Waals surface area contributed by atoms with Crippen LogP contribution in [0.15, 0.2) is 11.7 Å². The Morgan fingerprint density at radius 2 is 1.00 bits per heavy atom. The highest BCUT2D eigenvalue weighted by Gasteiger charge is 3.09. The van der Waals surface area contributed by atoms with E-state index in [1.807, 2.05) is 0 Å². The fourth-order valence-electron chi connectivity index (χ4n) is 5.19. The van der Waals surface area contributed by atoms with Crippen molar-refractivity contribution in [3.05, 3.63) is 11.7 Å². The quantitative estimate of drug-likeness (QED) is 0.573. The summed E-state index contributed by atoms with van der Waals surface area (Å²) < 4.78 is 85.1. The predicted molar refractivity (Wildman–Crippen MR) is 59.3 cm³/mol. The first-order chi connectivity index (χ1) is 9.29. The van der Waals surface area contributed by atoms with Gasteiger partial charge in [-0.25, -0.2) is 26.3 Å². The van der Waals surface area contributed by atoms with Crippen molar-refractivity contribution in [2.24, 2.45) is 11.8 Å². The minimum Gasteiger partial charge on any atom is -0.236 e. The maximum atomic E-state index is 14.8. The van der Waals surface area contributed by atoms with E-state index in [0.717, 1.165) is 12.8 Å². The molecular weight excluding hydrogens is 282 g/mol. The van der Waals surface area contributed by atoms with Crippen molar-refractivity contribution < 1.29 is 26.3 Å². The van der Waals surface area contributed by atoms with E-state index < -0.39 is 46.2 Å². The minimum absolute atomic E-state index is 0.198. The lowest BCUT2D eigenvalue weighted by molar-refractivity contribution is -0.447. The Hall–Kier alpha value is -0.680. The van der Waals surface area contributed by atoms with Crippen LogP contribution in [0.25, 0.3) is 0 Å². The summed E-state index contributed by atoms with van der Waals surface area (Å²) in [6.07, 6.45) is 3.17. The Kier molecular flexibility index (Phi) is 2.09. The zero-order chi connectivity index (χ0) is 14.6. The summed E-state index contributed by atoms with van der Waals surface area (Å²) >= 11 is 0. The summed E-state index contributed by atoms with van der Waals surface area (Å²) in [7, 11) is 0. The molecule has 0 N–H and O–H groups in total. The van der Waals surface area contributed by atoms with Crippen molar-refractivity contribution in [2.45, 2.75) is 61.2 Å². The molecule has 0 amide bonds. The number of hydrogen-bond donors (Lipinski definition) is 0. The van der Waals surface area contributed by atoms with Gasteiger partial charge in [0, 0.05) is 11.8 Å². The van der Waals surface area contributed by atoms with Gasteiger partial charge >= 0.3 is 0 Å². The Balaban J connectivity index is 1.82. The van der Waals surface area contributed by atoms with Gasteiger partial charge in [0.05, 0.1) is 0 Å². The molecule has 3 saturated carbocycles. The molecule has 0 aromatic carbocycles. The molecule has 0 saturated heterocycles. The number of halogens is 6. The van der Waals surface area contributed by atoms with Gasteiger partial charge in [-0.1, -0.05) is 25.7 Å². The summed E-state index contributed by atoms with van der Waals surface area (Å²) in [5, 5.41) is 0. The fraction of sp³-hybridized carbons (Fsp3) is 0.857. The van der Waals surface area contributed by atoms with Crippen molar-refractivity contribution in [3.8, 4) is 0 Å².